The van der Waals surface area contributed by atoms with Crippen molar-refractivity contribution in [1.29, 1.82) is 0 Å². The second-order valence-electron chi connectivity index (χ2n) is 6.99. The number of benzene rings is 2. The molecule has 2 aromatic rings. The Bertz CT molecular complexity index is 820. The molecule has 2 aromatic carbocycles. The van der Waals surface area contributed by atoms with Gasteiger partial charge < -0.3 is 15.1 Å². The first-order valence-corrected chi connectivity index (χ1v) is 10.2. The summed E-state index contributed by atoms with van der Waals surface area (Å²) in [7, 11) is 3.99. The van der Waals surface area contributed by atoms with Gasteiger partial charge in [-0.3, -0.25) is 9.59 Å². The maximum atomic E-state index is 12.8. The molecular weight excluding hydrogens is 358 g/mol. The molecule has 6 heteroatoms. The summed E-state index contributed by atoms with van der Waals surface area (Å²) in [5, 5.41) is 3.02. The van der Waals surface area contributed by atoms with E-state index in [1.807, 2.05) is 68.9 Å². The topological polar surface area (TPSA) is 52.7 Å². The first-order valence-electron chi connectivity index (χ1n) is 8.96. The molecular formula is C21H25N3O2S. The summed E-state index contributed by atoms with van der Waals surface area (Å²) in [6.07, 6.45) is 2.26. The van der Waals surface area contributed by atoms with Crippen LogP contribution in [0.4, 0.5) is 11.4 Å². The van der Waals surface area contributed by atoms with Crippen molar-refractivity contribution in [3.63, 3.8) is 0 Å². The van der Waals surface area contributed by atoms with Crippen molar-refractivity contribution in [3.8, 4) is 0 Å². The Kier molecular flexibility index (Phi) is 6.19. The monoisotopic (exact) mass is 383 g/mol. The van der Waals surface area contributed by atoms with Crippen molar-refractivity contribution in [2.45, 2.75) is 17.9 Å². The Morgan fingerprint density at radius 3 is 2.56 bits per heavy atom. The molecule has 0 aromatic heterocycles. The van der Waals surface area contributed by atoms with Crippen LogP contribution in [0.3, 0.4) is 0 Å². The second kappa shape index (κ2) is 8.59. The smallest absolute Gasteiger partial charge is 0.229 e. The van der Waals surface area contributed by atoms with Gasteiger partial charge in [-0.25, -0.2) is 0 Å². The van der Waals surface area contributed by atoms with E-state index in [2.05, 4.69) is 10.2 Å². The molecule has 1 aliphatic heterocycles. The summed E-state index contributed by atoms with van der Waals surface area (Å²) in [5.41, 5.74) is 2.72. The zero-order valence-corrected chi connectivity index (χ0v) is 16.8. The molecule has 1 aliphatic rings. The van der Waals surface area contributed by atoms with E-state index in [-0.39, 0.29) is 24.2 Å². The minimum Gasteiger partial charge on any atom is -0.325 e. The SMILES string of the molecule is CSc1ccc(N2CC(C(=O)Nc3ccccc3CN(C)C)CC2=O)cc1. The molecule has 2 amide bonds. The number of para-hydroxylation sites is 1. The van der Waals surface area contributed by atoms with Gasteiger partial charge in [0.15, 0.2) is 0 Å². The number of anilines is 2. The molecule has 0 aliphatic carbocycles. The zero-order valence-electron chi connectivity index (χ0n) is 15.9. The molecule has 1 saturated heterocycles. The maximum absolute atomic E-state index is 12.8. The average molecular weight is 384 g/mol. The van der Waals surface area contributed by atoms with Crippen LogP contribution in [0, 0.1) is 5.92 Å². The standard InChI is InChI=1S/C21H25N3O2S/c1-23(2)13-15-6-4-5-7-19(15)22-21(26)16-12-20(25)24(14-16)17-8-10-18(27-3)11-9-17/h4-11,16H,12-14H2,1-3H3,(H,22,26). The van der Waals surface area contributed by atoms with Crippen LogP contribution in [0.15, 0.2) is 53.4 Å². The third-order valence-corrected chi connectivity index (χ3v) is 5.39. The molecule has 27 heavy (non-hydrogen) atoms. The van der Waals surface area contributed by atoms with E-state index >= 15 is 0 Å². The van der Waals surface area contributed by atoms with Gasteiger partial charge in [0.05, 0.1) is 5.92 Å². The zero-order chi connectivity index (χ0) is 19.4. The van der Waals surface area contributed by atoms with Gasteiger partial charge in [0.2, 0.25) is 11.8 Å². The van der Waals surface area contributed by atoms with Crippen LogP contribution in [0.2, 0.25) is 0 Å². The third kappa shape index (κ3) is 4.70. The number of hydrogen-bond donors (Lipinski definition) is 1. The summed E-state index contributed by atoms with van der Waals surface area (Å²) in [6.45, 7) is 1.16. The number of carbonyl (C=O) groups is 2. The van der Waals surface area contributed by atoms with Crippen LogP contribution in [-0.2, 0) is 16.1 Å². The highest BCUT2D eigenvalue weighted by Crippen LogP contribution is 2.28. The van der Waals surface area contributed by atoms with Crippen molar-refractivity contribution >= 4 is 35.0 Å². The first kappa shape index (κ1) is 19.5. The first-order chi connectivity index (χ1) is 13.0. The molecule has 1 unspecified atom stereocenters. The number of amides is 2. The fourth-order valence-corrected chi connectivity index (χ4v) is 3.66. The normalized spacial score (nSPS) is 16.8. The van der Waals surface area contributed by atoms with Crippen molar-refractivity contribution in [2.24, 2.45) is 5.92 Å². The highest BCUT2D eigenvalue weighted by atomic mass is 32.2. The Morgan fingerprint density at radius 2 is 1.89 bits per heavy atom. The molecule has 1 N–H and O–H groups in total. The lowest BCUT2D eigenvalue weighted by Gasteiger charge is -2.18. The summed E-state index contributed by atoms with van der Waals surface area (Å²) in [6, 6.07) is 15.7. The summed E-state index contributed by atoms with van der Waals surface area (Å²) >= 11 is 1.66. The molecule has 0 saturated carbocycles. The van der Waals surface area contributed by atoms with Gasteiger partial charge in [-0.1, -0.05) is 18.2 Å². The maximum Gasteiger partial charge on any atom is 0.229 e. The van der Waals surface area contributed by atoms with E-state index < -0.39 is 0 Å². The quantitative estimate of drug-likeness (QED) is 0.776. The van der Waals surface area contributed by atoms with Crippen LogP contribution in [0.1, 0.15) is 12.0 Å². The minimum atomic E-state index is -0.342. The molecule has 1 heterocycles. The van der Waals surface area contributed by atoms with Crippen molar-refractivity contribution < 1.29 is 9.59 Å². The highest BCUT2D eigenvalue weighted by Gasteiger charge is 2.35. The minimum absolute atomic E-state index is 0.00590. The number of hydrogen-bond acceptors (Lipinski definition) is 4. The Morgan fingerprint density at radius 1 is 1.19 bits per heavy atom. The van der Waals surface area contributed by atoms with Crippen LogP contribution >= 0.6 is 11.8 Å². The van der Waals surface area contributed by atoms with E-state index in [4.69, 9.17) is 0 Å². The number of thioether (sulfide) groups is 1. The van der Waals surface area contributed by atoms with Crippen LogP contribution in [-0.4, -0.2) is 43.6 Å². The van der Waals surface area contributed by atoms with Crippen LogP contribution in [0.25, 0.3) is 0 Å². The lowest BCUT2D eigenvalue weighted by atomic mass is 10.1. The van der Waals surface area contributed by atoms with E-state index in [1.54, 1.807) is 16.7 Å². The molecule has 1 atom stereocenters. The van der Waals surface area contributed by atoms with Crippen molar-refractivity contribution in [3.05, 3.63) is 54.1 Å². The van der Waals surface area contributed by atoms with Gasteiger partial charge in [0.1, 0.15) is 0 Å². The van der Waals surface area contributed by atoms with Gasteiger partial charge in [-0.05, 0) is 56.2 Å². The molecule has 5 nitrogen and oxygen atoms in total. The summed E-state index contributed by atoms with van der Waals surface area (Å²) in [4.78, 5) is 30.1. The number of nitrogens with one attached hydrogen (secondary N) is 1. The summed E-state index contributed by atoms with van der Waals surface area (Å²) in [5.74, 6) is -0.448. The van der Waals surface area contributed by atoms with Gasteiger partial charge in [-0.15, -0.1) is 11.8 Å². The Hall–Kier alpha value is -2.31. The van der Waals surface area contributed by atoms with E-state index in [0.717, 1.165) is 28.4 Å². The van der Waals surface area contributed by atoms with Crippen LogP contribution < -0.4 is 10.2 Å². The number of nitrogens with zero attached hydrogens (tertiary/aromatic N) is 2. The number of carbonyl (C=O) groups excluding carboxylic acids is 2. The average Bonchev–Trinajstić information content (AvgIpc) is 3.05. The molecule has 1 fully saturated rings. The predicted molar refractivity (Wildman–Crippen MR) is 111 cm³/mol. The van der Waals surface area contributed by atoms with Crippen molar-refractivity contribution in [2.75, 3.05) is 37.1 Å². The largest absolute Gasteiger partial charge is 0.325 e. The lowest BCUT2D eigenvalue weighted by Crippen LogP contribution is -2.28. The van der Waals surface area contributed by atoms with Gasteiger partial charge in [0.25, 0.3) is 0 Å². The fraction of sp³-hybridized carbons (Fsp3) is 0.333. The van der Waals surface area contributed by atoms with Crippen molar-refractivity contribution in [1.82, 2.24) is 4.90 Å². The van der Waals surface area contributed by atoms with E-state index in [1.165, 1.54) is 0 Å². The predicted octanol–water partition coefficient (Wildman–Crippen LogP) is 3.46. The molecule has 142 valence electrons. The molecule has 0 bridgehead atoms. The molecule has 0 spiro atoms. The van der Waals surface area contributed by atoms with E-state index in [9.17, 15) is 9.59 Å². The van der Waals surface area contributed by atoms with Gasteiger partial charge in [0, 0.05) is 35.8 Å². The fourth-order valence-electron chi connectivity index (χ4n) is 3.25. The molecule has 0 radical (unpaired) electrons. The second-order valence-corrected chi connectivity index (χ2v) is 7.87. The lowest BCUT2D eigenvalue weighted by molar-refractivity contribution is -0.122. The summed E-state index contributed by atoms with van der Waals surface area (Å²) < 4.78 is 0. The Labute approximate surface area is 164 Å². The number of rotatable bonds is 6. The molecule has 3 rings (SSSR count). The van der Waals surface area contributed by atoms with Crippen LogP contribution in [0.5, 0.6) is 0 Å². The highest BCUT2D eigenvalue weighted by molar-refractivity contribution is 7.98. The van der Waals surface area contributed by atoms with Gasteiger partial charge >= 0.3 is 0 Å². The Balaban J connectivity index is 1.69. The van der Waals surface area contributed by atoms with E-state index in [0.29, 0.717) is 6.54 Å². The third-order valence-electron chi connectivity index (χ3n) is 4.64. The van der Waals surface area contributed by atoms with Gasteiger partial charge in [-0.2, -0.15) is 0 Å².